The second-order valence-corrected chi connectivity index (χ2v) is 3.67. The van der Waals surface area contributed by atoms with Crippen LogP contribution in [0.5, 0.6) is 0 Å². The molecule has 1 N–H and O–H groups in total. The molecule has 0 aliphatic carbocycles. The lowest BCUT2D eigenvalue weighted by atomic mass is 10.2. The Kier molecular flexibility index (Phi) is 4.03. The van der Waals surface area contributed by atoms with Crippen molar-refractivity contribution in [1.82, 2.24) is 15.2 Å². The predicted molar refractivity (Wildman–Crippen MR) is 51.7 cm³/mol. The lowest BCUT2D eigenvalue weighted by Crippen LogP contribution is -2.22. The maximum atomic E-state index is 9.11. The zero-order chi connectivity index (χ0) is 10.6. The molecule has 0 radical (unpaired) electrons. The zero-order valence-electron chi connectivity index (χ0n) is 8.90. The van der Waals surface area contributed by atoms with Gasteiger partial charge < -0.3 is 10.0 Å². The van der Waals surface area contributed by atoms with Crippen LogP contribution < -0.4 is 0 Å². The second-order valence-electron chi connectivity index (χ2n) is 3.67. The van der Waals surface area contributed by atoms with Crippen molar-refractivity contribution in [1.29, 1.82) is 0 Å². The Balaban J connectivity index is 2.34. The van der Waals surface area contributed by atoms with Gasteiger partial charge in [0.15, 0.2) is 0 Å². The van der Waals surface area contributed by atoms with Crippen LogP contribution in [0.1, 0.15) is 24.7 Å². The molecule has 80 valence electrons. The molecule has 5 heteroatoms. The summed E-state index contributed by atoms with van der Waals surface area (Å²) in [5.74, 6) is 0. The molecule has 1 heterocycles. The van der Waals surface area contributed by atoms with Crippen molar-refractivity contribution in [3.63, 3.8) is 0 Å². The molecule has 0 bridgehead atoms. The van der Waals surface area contributed by atoms with Gasteiger partial charge in [-0.15, -0.1) is 0 Å². The lowest BCUT2D eigenvalue weighted by molar-refractivity contribution is 0.162. The minimum atomic E-state index is -0.256. The smallest absolute Gasteiger partial charge is 0.122 e. The fraction of sp³-hybridized carbons (Fsp3) is 0.778. The van der Waals surface area contributed by atoms with Crippen LogP contribution in [0.3, 0.4) is 0 Å². The number of aromatic nitrogens is 2. The summed E-state index contributed by atoms with van der Waals surface area (Å²) in [4.78, 5) is 2.08. The van der Waals surface area contributed by atoms with Crippen LogP contribution in [0.4, 0.5) is 0 Å². The highest BCUT2D eigenvalue weighted by Gasteiger charge is 2.08. The van der Waals surface area contributed by atoms with Crippen LogP contribution in [0.2, 0.25) is 0 Å². The maximum Gasteiger partial charge on any atom is 0.122 e. The highest BCUT2D eigenvalue weighted by Crippen LogP contribution is 2.04. The Morgan fingerprint density at radius 3 is 2.71 bits per heavy atom. The number of aryl methyl sites for hydroxylation is 1. The highest BCUT2D eigenvalue weighted by atomic mass is 16.6. The monoisotopic (exact) mass is 199 g/mol. The van der Waals surface area contributed by atoms with Crippen LogP contribution in [0, 0.1) is 6.92 Å². The van der Waals surface area contributed by atoms with Gasteiger partial charge in [-0.2, -0.15) is 0 Å². The van der Waals surface area contributed by atoms with E-state index in [2.05, 4.69) is 19.8 Å². The summed E-state index contributed by atoms with van der Waals surface area (Å²) < 4.78 is 4.60. The molecule has 1 atom stereocenters. The third kappa shape index (κ3) is 3.43. The summed E-state index contributed by atoms with van der Waals surface area (Å²) in [5, 5.41) is 16.6. The van der Waals surface area contributed by atoms with E-state index in [-0.39, 0.29) is 6.10 Å². The molecule has 1 aromatic heterocycles. The summed E-state index contributed by atoms with van der Waals surface area (Å²) in [6.07, 6.45) is 0.509. The molecule has 0 aliphatic heterocycles. The SMILES string of the molecule is Cc1nonc1CN(C)CCC(C)O. The first-order valence-electron chi connectivity index (χ1n) is 4.74. The van der Waals surface area contributed by atoms with Crippen LogP contribution in [-0.4, -0.2) is 40.0 Å². The van der Waals surface area contributed by atoms with E-state index in [4.69, 9.17) is 5.11 Å². The molecule has 14 heavy (non-hydrogen) atoms. The van der Waals surface area contributed by atoms with Crippen molar-refractivity contribution in [3.05, 3.63) is 11.4 Å². The molecule has 0 spiro atoms. The Labute approximate surface area is 83.7 Å². The number of rotatable bonds is 5. The van der Waals surface area contributed by atoms with Crippen molar-refractivity contribution < 1.29 is 9.74 Å². The third-order valence-corrected chi connectivity index (χ3v) is 2.09. The summed E-state index contributed by atoms with van der Waals surface area (Å²) >= 11 is 0. The van der Waals surface area contributed by atoms with E-state index in [9.17, 15) is 0 Å². The van der Waals surface area contributed by atoms with Crippen molar-refractivity contribution in [2.75, 3.05) is 13.6 Å². The molecule has 0 saturated heterocycles. The first-order valence-corrected chi connectivity index (χ1v) is 4.74. The molecule has 0 fully saturated rings. The molecule has 0 amide bonds. The van der Waals surface area contributed by atoms with Gasteiger partial charge in [-0.1, -0.05) is 10.3 Å². The van der Waals surface area contributed by atoms with Gasteiger partial charge in [0.2, 0.25) is 0 Å². The second kappa shape index (κ2) is 5.07. The van der Waals surface area contributed by atoms with Crippen LogP contribution in [0.15, 0.2) is 4.63 Å². The van der Waals surface area contributed by atoms with Crippen molar-refractivity contribution in [2.45, 2.75) is 32.9 Å². The normalized spacial score (nSPS) is 13.5. The van der Waals surface area contributed by atoms with Gasteiger partial charge >= 0.3 is 0 Å². The Morgan fingerprint density at radius 2 is 2.21 bits per heavy atom. The average molecular weight is 199 g/mol. The molecule has 5 nitrogen and oxygen atoms in total. The fourth-order valence-corrected chi connectivity index (χ4v) is 1.13. The largest absolute Gasteiger partial charge is 0.393 e. The standard InChI is InChI=1S/C9H17N3O2/c1-7(13)4-5-12(3)6-9-8(2)10-14-11-9/h7,13H,4-6H2,1-3H3. The predicted octanol–water partition coefficient (Wildman–Crippen LogP) is 0.581. The molecular weight excluding hydrogens is 182 g/mol. The molecule has 0 aliphatic rings. The lowest BCUT2D eigenvalue weighted by Gasteiger charge is -2.15. The van der Waals surface area contributed by atoms with E-state index in [0.717, 1.165) is 24.4 Å². The van der Waals surface area contributed by atoms with E-state index in [1.165, 1.54) is 0 Å². The van der Waals surface area contributed by atoms with Gasteiger partial charge in [0.1, 0.15) is 11.4 Å². The van der Waals surface area contributed by atoms with E-state index < -0.39 is 0 Å². The van der Waals surface area contributed by atoms with Crippen molar-refractivity contribution in [2.24, 2.45) is 0 Å². The van der Waals surface area contributed by atoms with E-state index in [0.29, 0.717) is 6.54 Å². The summed E-state index contributed by atoms with van der Waals surface area (Å²) in [5.41, 5.74) is 1.69. The minimum absolute atomic E-state index is 0.256. The number of hydrogen-bond donors (Lipinski definition) is 1. The molecule has 0 saturated carbocycles. The van der Waals surface area contributed by atoms with Gasteiger partial charge in [-0.25, -0.2) is 4.63 Å². The number of hydrogen-bond acceptors (Lipinski definition) is 5. The minimum Gasteiger partial charge on any atom is -0.393 e. The molecule has 1 aromatic rings. The van der Waals surface area contributed by atoms with Gasteiger partial charge in [0, 0.05) is 13.1 Å². The van der Waals surface area contributed by atoms with E-state index in [1.807, 2.05) is 14.0 Å². The molecular formula is C9H17N3O2. The topological polar surface area (TPSA) is 62.4 Å². The molecule has 0 aromatic carbocycles. The highest BCUT2D eigenvalue weighted by molar-refractivity contribution is 5.03. The summed E-state index contributed by atoms with van der Waals surface area (Å²) in [6, 6.07) is 0. The zero-order valence-corrected chi connectivity index (χ0v) is 8.90. The first kappa shape index (κ1) is 11.1. The van der Waals surface area contributed by atoms with Gasteiger partial charge in [-0.3, -0.25) is 0 Å². The van der Waals surface area contributed by atoms with E-state index in [1.54, 1.807) is 6.92 Å². The average Bonchev–Trinajstić information content (AvgIpc) is 2.49. The quantitative estimate of drug-likeness (QED) is 0.751. The Bertz CT molecular complexity index is 273. The Morgan fingerprint density at radius 1 is 1.50 bits per heavy atom. The first-order chi connectivity index (χ1) is 6.59. The maximum absolute atomic E-state index is 9.11. The van der Waals surface area contributed by atoms with Crippen LogP contribution in [0.25, 0.3) is 0 Å². The fourth-order valence-electron chi connectivity index (χ4n) is 1.13. The number of aliphatic hydroxyl groups is 1. The number of nitrogens with zero attached hydrogens (tertiary/aromatic N) is 3. The van der Waals surface area contributed by atoms with Gasteiger partial charge in [0.25, 0.3) is 0 Å². The van der Waals surface area contributed by atoms with Crippen LogP contribution in [-0.2, 0) is 6.54 Å². The van der Waals surface area contributed by atoms with Gasteiger partial charge in [0.05, 0.1) is 6.10 Å². The molecule has 1 unspecified atom stereocenters. The summed E-state index contributed by atoms with van der Waals surface area (Å²) in [7, 11) is 1.98. The summed E-state index contributed by atoms with van der Waals surface area (Å²) in [6.45, 7) is 5.21. The van der Waals surface area contributed by atoms with Crippen LogP contribution >= 0.6 is 0 Å². The van der Waals surface area contributed by atoms with Gasteiger partial charge in [-0.05, 0) is 27.3 Å². The van der Waals surface area contributed by atoms with Crippen molar-refractivity contribution in [3.8, 4) is 0 Å². The Hall–Kier alpha value is -0.940. The number of aliphatic hydroxyl groups excluding tert-OH is 1. The molecule has 1 rings (SSSR count). The van der Waals surface area contributed by atoms with Crippen molar-refractivity contribution >= 4 is 0 Å². The van der Waals surface area contributed by atoms with E-state index >= 15 is 0 Å². The third-order valence-electron chi connectivity index (χ3n) is 2.09.